The molecule has 0 unspecified atom stereocenters. The van der Waals surface area contributed by atoms with Crippen LogP contribution < -0.4 is 4.74 Å². The highest BCUT2D eigenvalue weighted by Gasteiger charge is 2.07. The number of carboxylic acids is 1. The minimum atomic E-state index is -1.16. The van der Waals surface area contributed by atoms with Crippen LogP contribution in [-0.2, 0) is 6.61 Å². The summed E-state index contributed by atoms with van der Waals surface area (Å²) in [5, 5.41) is 8.87. The van der Waals surface area contributed by atoms with Gasteiger partial charge in [0.05, 0.1) is 5.56 Å². The molecule has 0 radical (unpaired) electrons. The molecule has 0 amide bonds. The van der Waals surface area contributed by atoms with E-state index in [1.807, 2.05) is 30.5 Å². The molecule has 1 N–H and O–H groups in total. The van der Waals surface area contributed by atoms with Gasteiger partial charge in [0.25, 0.3) is 0 Å². The smallest absolute Gasteiger partial charge is 0.335 e. The standard InChI is InChI=1S/C15H13FO3S/c1-20-14-4-2-13(3-5-14)19-9-10-6-11(15(17)18)8-12(16)7-10/h2-8H,9H2,1H3,(H,17,18). The summed E-state index contributed by atoms with van der Waals surface area (Å²) in [7, 11) is 0. The van der Waals surface area contributed by atoms with Crippen molar-refractivity contribution < 1.29 is 19.0 Å². The van der Waals surface area contributed by atoms with E-state index in [1.165, 1.54) is 12.1 Å². The van der Waals surface area contributed by atoms with Gasteiger partial charge in [-0.1, -0.05) is 0 Å². The Hall–Kier alpha value is -2.01. The number of aromatic carboxylic acids is 1. The number of carbonyl (C=O) groups is 1. The summed E-state index contributed by atoms with van der Waals surface area (Å²) in [6.07, 6.45) is 1.98. The van der Waals surface area contributed by atoms with Crippen LogP contribution in [0.25, 0.3) is 0 Å². The lowest BCUT2D eigenvalue weighted by molar-refractivity contribution is 0.0696. The fourth-order valence-electron chi connectivity index (χ4n) is 1.70. The largest absolute Gasteiger partial charge is 0.489 e. The van der Waals surface area contributed by atoms with E-state index in [2.05, 4.69) is 0 Å². The first-order valence-corrected chi connectivity index (χ1v) is 7.10. The lowest BCUT2D eigenvalue weighted by Crippen LogP contribution is -2.02. The van der Waals surface area contributed by atoms with Crippen molar-refractivity contribution in [2.45, 2.75) is 11.5 Å². The SMILES string of the molecule is CSc1ccc(OCc2cc(F)cc(C(=O)O)c2)cc1. The van der Waals surface area contributed by atoms with Crippen LogP contribution >= 0.6 is 11.8 Å². The van der Waals surface area contributed by atoms with Crippen LogP contribution in [0.5, 0.6) is 5.75 Å². The third kappa shape index (κ3) is 3.74. The first kappa shape index (κ1) is 14.4. The third-order valence-electron chi connectivity index (χ3n) is 2.67. The Morgan fingerprint density at radius 2 is 1.95 bits per heavy atom. The van der Waals surface area contributed by atoms with Gasteiger partial charge in [-0.3, -0.25) is 0 Å². The molecule has 0 aliphatic heterocycles. The topological polar surface area (TPSA) is 46.5 Å². The first-order chi connectivity index (χ1) is 9.58. The molecule has 0 spiro atoms. The molecule has 2 rings (SSSR count). The molecule has 2 aromatic rings. The highest BCUT2D eigenvalue weighted by molar-refractivity contribution is 7.98. The molecule has 0 saturated carbocycles. The Morgan fingerprint density at radius 1 is 1.25 bits per heavy atom. The lowest BCUT2D eigenvalue weighted by atomic mass is 10.1. The second-order valence-electron chi connectivity index (χ2n) is 4.12. The monoisotopic (exact) mass is 292 g/mol. The third-order valence-corrected chi connectivity index (χ3v) is 3.41. The zero-order chi connectivity index (χ0) is 14.5. The maximum Gasteiger partial charge on any atom is 0.335 e. The van der Waals surface area contributed by atoms with Gasteiger partial charge < -0.3 is 9.84 Å². The van der Waals surface area contributed by atoms with Gasteiger partial charge in [0.1, 0.15) is 18.2 Å². The van der Waals surface area contributed by atoms with Crippen LogP contribution in [-0.4, -0.2) is 17.3 Å². The minimum Gasteiger partial charge on any atom is -0.489 e. The van der Waals surface area contributed by atoms with Gasteiger partial charge in [-0.15, -0.1) is 11.8 Å². The summed E-state index contributed by atoms with van der Waals surface area (Å²) in [6, 6.07) is 11.2. The van der Waals surface area contributed by atoms with E-state index in [-0.39, 0.29) is 12.2 Å². The first-order valence-electron chi connectivity index (χ1n) is 5.88. The predicted molar refractivity (Wildman–Crippen MR) is 75.9 cm³/mol. The molecule has 2 aromatic carbocycles. The number of thioether (sulfide) groups is 1. The molecule has 0 fully saturated rings. The van der Waals surface area contributed by atoms with Crippen molar-refractivity contribution >= 4 is 17.7 Å². The molecule has 0 aromatic heterocycles. The molecular formula is C15H13FO3S. The van der Waals surface area contributed by atoms with Gasteiger partial charge >= 0.3 is 5.97 Å². The molecule has 0 aliphatic rings. The average molecular weight is 292 g/mol. The van der Waals surface area contributed by atoms with Gasteiger partial charge in [-0.05, 0) is 54.3 Å². The zero-order valence-corrected chi connectivity index (χ0v) is 11.6. The normalized spacial score (nSPS) is 10.3. The molecule has 0 heterocycles. The van der Waals surface area contributed by atoms with Crippen LogP contribution in [0.2, 0.25) is 0 Å². The van der Waals surface area contributed by atoms with Gasteiger partial charge in [0, 0.05) is 4.90 Å². The molecule has 3 nitrogen and oxygen atoms in total. The van der Waals surface area contributed by atoms with Crippen molar-refractivity contribution in [1.82, 2.24) is 0 Å². The summed E-state index contributed by atoms with van der Waals surface area (Å²) in [4.78, 5) is 12.0. The fraction of sp³-hybridized carbons (Fsp3) is 0.133. The van der Waals surface area contributed by atoms with E-state index < -0.39 is 11.8 Å². The Kier molecular flexibility index (Phi) is 4.63. The van der Waals surface area contributed by atoms with Gasteiger partial charge in [-0.25, -0.2) is 9.18 Å². The highest BCUT2D eigenvalue weighted by atomic mass is 32.2. The summed E-state index contributed by atoms with van der Waals surface area (Å²) in [5.74, 6) is -1.08. The van der Waals surface area contributed by atoms with Crippen LogP contribution in [0.15, 0.2) is 47.4 Å². The number of hydrogen-bond donors (Lipinski definition) is 1. The maximum atomic E-state index is 13.3. The molecule has 0 saturated heterocycles. The van der Waals surface area contributed by atoms with Crippen LogP contribution in [0, 0.1) is 5.82 Å². The van der Waals surface area contributed by atoms with Crippen molar-refractivity contribution in [3.63, 3.8) is 0 Å². The van der Waals surface area contributed by atoms with Gasteiger partial charge in [0.2, 0.25) is 0 Å². The zero-order valence-electron chi connectivity index (χ0n) is 10.8. The molecule has 0 aliphatic carbocycles. The Bertz CT molecular complexity index is 611. The van der Waals surface area contributed by atoms with E-state index in [1.54, 1.807) is 11.8 Å². The van der Waals surface area contributed by atoms with E-state index in [0.717, 1.165) is 11.0 Å². The van der Waals surface area contributed by atoms with Crippen LogP contribution in [0.1, 0.15) is 15.9 Å². The fourth-order valence-corrected chi connectivity index (χ4v) is 2.10. The molecule has 0 atom stereocenters. The van der Waals surface area contributed by atoms with Crippen molar-refractivity contribution in [1.29, 1.82) is 0 Å². The van der Waals surface area contributed by atoms with E-state index in [9.17, 15) is 9.18 Å². The number of carboxylic acid groups (broad SMARTS) is 1. The van der Waals surface area contributed by atoms with Crippen LogP contribution in [0.4, 0.5) is 4.39 Å². The number of rotatable bonds is 5. The average Bonchev–Trinajstić information content (AvgIpc) is 2.45. The van der Waals surface area contributed by atoms with Gasteiger partial charge in [0.15, 0.2) is 0 Å². The summed E-state index contributed by atoms with van der Waals surface area (Å²) in [6.45, 7) is 0.122. The molecule has 104 valence electrons. The minimum absolute atomic E-state index is 0.0821. The van der Waals surface area contributed by atoms with Crippen molar-refractivity contribution in [3.8, 4) is 5.75 Å². The van der Waals surface area contributed by atoms with E-state index in [0.29, 0.717) is 11.3 Å². The predicted octanol–water partition coefficient (Wildman–Crippen LogP) is 3.82. The highest BCUT2D eigenvalue weighted by Crippen LogP contribution is 2.20. The summed E-state index contributed by atoms with van der Waals surface area (Å²) < 4.78 is 18.8. The molecular weight excluding hydrogens is 279 g/mol. The number of hydrogen-bond acceptors (Lipinski definition) is 3. The van der Waals surface area contributed by atoms with E-state index >= 15 is 0 Å². The molecule has 0 bridgehead atoms. The van der Waals surface area contributed by atoms with Crippen LogP contribution in [0.3, 0.4) is 0 Å². The summed E-state index contributed by atoms with van der Waals surface area (Å²) >= 11 is 1.63. The van der Waals surface area contributed by atoms with E-state index in [4.69, 9.17) is 9.84 Å². The molecule has 5 heteroatoms. The second kappa shape index (κ2) is 6.43. The second-order valence-corrected chi connectivity index (χ2v) is 5.00. The maximum absolute atomic E-state index is 13.3. The van der Waals surface area contributed by atoms with Crippen molar-refractivity contribution in [2.24, 2.45) is 0 Å². The van der Waals surface area contributed by atoms with Gasteiger partial charge in [-0.2, -0.15) is 0 Å². The number of halogens is 1. The lowest BCUT2D eigenvalue weighted by Gasteiger charge is -2.08. The van der Waals surface area contributed by atoms with Crippen molar-refractivity contribution in [3.05, 3.63) is 59.4 Å². The quantitative estimate of drug-likeness (QED) is 0.851. The van der Waals surface area contributed by atoms with Crippen molar-refractivity contribution in [2.75, 3.05) is 6.26 Å². The molecule has 20 heavy (non-hydrogen) atoms. The number of benzene rings is 2. The number of ether oxygens (including phenoxy) is 1. The Labute approximate surface area is 120 Å². The Morgan fingerprint density at radius 3 is 2.55 bits per heavy atom. The Balaban J connectivity index is 2.08. The summed E-state index contributed by atoms with van der Waals surface area (Å²) in [5.41, 5.74) is 0.401.